The molecule has 9 aromatic carbocycles. The zero-order chi connectivity index (χ0) is 37.5. The number of para-hydroxylation sites is 2. The highest BCUT2D eigenvalue weighted by atomic mass is 16.3. The summed E-state index contributed by atoms with van der Waals surface area (Å²) < 4.78 is 11.3. The fourth-order valence-electron chi connectivity index (χ4n) is 9.03. The van der Waals surface area contributed by atoms with Gasteiger partial charge in [0, 0.05) is 43.7 Å². The standard InChI is InChI=1S/C54H34N2O/c1-3-11-35(12-4-1)39-23-31-50-47(33-39)48-34-40(36-13-5-2-6-14-36)24-32-51(48)55(50)41-25-19-37(20-26-41)38-21-27-42(28-22-38)56-49-17-9-7-15-43(49)45-29-30-46-44-16-8-10-18-52(44)57-54(46)53(45)56/h1-34H. The topological polar surface area (TPSA) is 23.0 Å². The molecule has 0 bridgehead atoms. The maximum atomic E-state index is 6.58. The van der Waals surface area contributed by atoms with Crippen LogP contribution in [0.25, 0.3) is 110 Å². The van der Waals surface area contributed by atoms with Crippen LogP contribution in [0.2, 0.25) is 0 Å². The number of furan rings is 1. The third-order valence-corrected chi connectivity index (χ3v) is 11.7. The van der Waals surface area contributed by atoms with Gasteiger partial charge in [0.05, 0.1) is 22.1 Å². The summed E-state index contributed by atoms with van der Waals surface area (Å²) in [5.74, 6) is 0. The summed E-state index contributed by atoms with van der Waals surface area (Å²) in [5, 5.41) is 7.17. The molecule has 12 aromatic rings. The molecule has 0 aliphatic carbocycles. The van der Waals surface area contributed by atoms with Crippen molar-refractivity contribution < 1.29 is 4.42 Å². The second-order valence-electron chi connectivity index (χ2n) is 14.9. The highest BCUT2D eigenvalue weighted by Crippen LogP contribution is 2.41. The third kappa shape index (κ3) is 4.92. The van der Waals surface area contributed by atoms with Gasteiger partial charge in [0.1, 0.15) is 5.58 Å². The number of hydrogen-bond donors (Lipinski definition) is 0. The molecule has 3 aromatic heterocycles. The summed E-state index contributed by atoms with van der Waals surface area (Å²) in [7, 11) is 0. The number of rotatable bonds is 5. The van der Waals surface area contributed by atoms with Gasteiger partial charge in [-0.15, -0.1) is 0 Å². The summed E-state index contributed by atoms with van der Waals surface area (Å²) in [6.07, 6.45) is 0. The Bertz CT molecular complexity index is 3380. The Kier molecular flexibility index (Phi) is 6.93. The SMILES string of the molecule is c1ccc(-c2ccc3c(c2)c2cc(-c4ccccc4)ccc2n3-c2ccc(-c3ccc(-n4c5ccccc5c5ccc6c7ccccc7oc6c54)cc3)cc2)cc1. The molecule has 57 heavy (non-hydrogen) atoms. The van der Waals surface area contributed by atoms with Crippen LogP contribution < -0.4 is 0 Å². The molecule has 0 aliphatic heterocycles. The summed E-state index contributed by atoms with van der Waals surface area (Å²) in [6, 6.07) is 74.4. The number of fused-ring (bicyclic) bond motifs is 10. The molecule has 3 heterocycles. The predicted molar refractivity (Wildman–Crippen MR) is 239 cm³/mol. The zero-order valence-electron chi connectivity index (χ0n) is 30.9. The van der Waals surface area contributed by atoms with Crippen molar-refractivity contribution in [1.29, 1.82) is 0 Å². The van der Waals surface area contributed by atoms with Gasteiger partial charge in [0.25, 0.3) is 0 Å². The molecule has 0 saturated carbocycles. The molecule has 266 valence electrons. The van der Waals surface area contributed by atoms with E-state index in [9.17, 15) is 0 Å². The van der Waals surface area contributed by atoms with Crippen LogP contribution in [0, 0.1) is 0 Å². The number of nitrogens with zero attached hydrogens (tertiary/aromatic N) is 2. The van der Waals surface area contributed by atoms with Crippen molar-refractivity contribution in [3.63, 3.8) is 0 Å². The van der Waals surface area contributed by atoms with Gasteiger partial charge < -0.3 is 13.6 Å². The van der Waals surface area contributed by atoms with E-state index >= 15 is 0 Å². The molecule has 0 radical (unpaired) electrons. The van der Waals surface area contributed by atoms with Gasteiger partial charge in [-0.25, -0.2) is 0 Å². The van der Waals surface area contributed by atoms with Gasteiger partial charge in [-0.2, -0.15) is 0 Å². The highest BCUT2D eigenvalue weighted by Gasteiger charge is 2.19. The lowest BCUT2D eigenvalue weighted by atomic mass is 10.0. The fraction of sp³-hybridized carbons (Fsp3) is 0. The molecular weight excluding hydrogens is 693 g/mol. The summed E-state index contributed by atoms with van der Waals surface area (Å²) >= 11 is 0. The van der Waals surface area contributed by atoms with Gasteiger partial charge in [0.2, 0.25) is 0 Å². The van der Waals surface area contributed by atoms with E-state index in [1.54, 1.807) is 0 Å². The van der Waals surface area contributed by atoms with Crippen LogP contribution in [-0.2, 0) is 0 Å². The first-order chi connectivity index (χ1) is 28.3. The zero-order valence-corrected chi connectivity index (χ0v) is 30.9. The molecule has 3 heteroatoms. The Morgan fingerprint density at radius 3 is 1.35 bits per heavy atom. The van der Waals surface area contributed by atoms with Crippen molar-refractivity contribution in [3.8, 4) is 44.8 Å². The van der Waals surface area contributed by atoms with Crippen molar-refractivity contribution in [1.82, 2.24) is 9.13 Å². The minimum absolute atomic E-state index is 0.908. The van der Waals surface area contributed by atoms with Gasteiger partial charge in [0.15, 0.2) is 5.58 Å². The first-order valence-electron chi connectivity index (χ1n) is 19.5. The first kappa shape index (κ1) is 31.7. The molecular formula is C54H34N2O. The summed E-state index contributed by atoms with van der Waals surface area (Å²) in [4.78, 5) is 0. The highest BCUT2D eigenvalue weighted by molar-refractivity contribution is 6.21. The molecule has 12 rings (SSSR count). The van der Waals surface area contributed by atoms with Crippen LogP contribution >= 0.6 is 0 Å². The lowest BCUT2D eigenvalue weighted by molar-refractivity contribution is 0.671. The van der Waals surface area contributed by atoms with Crippen LogP contribution in [0.4, 0.5) is 0 Å². The lowest BCUT2D eigenvalue weighted by Crippen LogP contribution is -1.95. The van der Waals surface area contributed by atoms with Crippen molar-refractivity contribution in [2.45, 2.75) is 0 Å². The smallest absolute Gasteiger partial charge is 0.160 e. The molecule has 0 aliphatic rings. The molecule has 3 nitrogen and oxygen atoms in total. The number of benzene rings is 9. The average molecular weight is 727 g/mol. The summed E-state index contributed by atoms with van der Waals surface area (Å²) in [6.45, 7) is 0. The molecule has 0 fully saturated rings. The Hall–Kier alpha value is -7.62. The van der Waals surface area contributed by atoms with Gasteiger partial charge >= 0.3 is 0 Å². The van der Waals surface area contributed by atoms with E-state index in [1.165, 1.54) is 66.0 Å². The van der Waals surface area contributed by atoms with Crippen molar-refractivity contribution in [2.75, 3.05) is 0 Å². The first-order valence-corrected chi connectivity index (χ1v) is 19.5. The minimum atomic E-state index is 0.908. The van der Waals surface area contributed by atoms with E-state index in [1.807, 2.05) is 6.07 Å². The maximum Gasteiger partial charge on any atom is 0.160 e. The second-order valence-corrected chi connectivity index (χ2v) is 14.9. The second kappa shape index (κ2) is 12.5. The molecule has 0 N–H and O–H groups in total. The van der Waals surface area contributed by atoms with Gasteiger partial charge in [-0.3, -0.25) is 0 Å². The largest absolute Gasteiger partial charge is 0.454 e. The molecule has 0 amide bonds. The molecule has 0 atom stereocenters. The van der Waals surface area contributed by atoms with Crippen LogP contribution in [-0.4, -0.2) is 9.13 Å². The van der Waals surface area contributed by atoms with E-state index in [0.717, 1.165) is 44.3 Å². The van der Waals surface area contributed by atoms with E-state index in [4.69, 9.17) is 4.42 Å². The predicted octanol–water partition coefficient (Wildman–Crippen LogP) is 14.8. The van der Waals surface area contributed by atoms with E-state index in [-0.39, 0.29) is 0 Å². The van der Waals surface area contributed by atoms with Gasteiger partial charge in [-0.1, -0.05) is 140 Å². The average Bonchev–Trinajstić information content (AvgIpc) is 3.94. The van der Waals surface area contributed by atoms with Crippen molar-refractivity contribution >= 4 is 65.6 Å². The van der Waals surface area contributed by atoms with E-state index in [2.05, 4.69) is 209 Å². The normalized spacial score (nSPS) is 11.9. The third-order valence-electron chi connectivity index (χ3n) is 11.7. The molecule has 0 spiro atoms. The van der Waals surface area contributed by atoms with Crippen LogP contribution in [0.1, 0.15) is 0 Å². The quantitative estimate of drug-likeness (QED) is 0.173. The maximum absolute atomic E-state index is 6.58. The summed E-state index contributed by atoms with van der Waals surface area (Å²) in [5.41, 5.74) is 15.9. The van der Waals surface area contributed by atoms with Crippen LogP contribution in [0.5, 0.6) is 0 Å². The molecule has 0 unspecified atom stereocenters. The minimum Gasteiger partial charge on any atom is -0.454 e. The lowest BCUT2D eigenvalue weighted by Gasteiger charge is -2.12. The molecule has 0 saturated heterocycles. The van der Waals surface area contributed by atoms with Crippen LogP contribution in [0.3, 0.4) is 0 Å². The Labute approximate surface area is 328 Å². The fourth-order valence-corrected chi connectivity index (χ4v) is 9.03. The number of hydrogen-bond acceptors (Lipinski definition) is 1. The van der Waals surface area contributed by atoms with Crippen LogP contribution in [0.15, 0.2) is 211 Å². The Morgan fingerprint density at radius 1 is 0.281 bits per heavy atom. The monoisotopic (exact) mass is 726 g/mol. The van der Waals surface area contributed by atoms with Crippen molar-refractivity contribution in [3.05, 3.63) is 206 Å². The Balaban J connectivity index is 0.957. The van der Waals surface area contributed by atoms with E-state index in [0.29, 0.717) is 0 Å². The van der Waals surface area contributed by atoms with Crippen molar-refractivity contribution in [2.24, 2.45) is 0 Å². The van der Waals surface area contributed by atoms with Gasteiger partial charge in [-0.05, 0) is 100 Å². The number of aromatic nitrogens is 2. The van der Waals surface area contributed by atoms with E-state index < -0.39 is 0 Å². The Morgan fingerprint density at radius 2 is 0.737 bits per heavy atom.